The normalized spacial score (nSPS) is 19.0. The second-order valence-corrected chi connectivity index (χ2v) is 5.88. The summed E-state index contributed by atoms with van der Waals surface area (Å²) < 4.78 is 18.3. The van der Waals surface area contributed by atoms with Crippen LogP contribution in [0, 0.1) is 5.82 Å². The van der Waals surface area contributed by atoms with E-state index in [0.717, 1.165) is 31.4 Å². The lowest BCUT2D eigenvalue weighted by molar-refractivity contribution is -0.126. The van der Waals surface area contributed by atoms with Crippen LogP contribution in [-0.2, 0) is 4.79 Å². The fraction of sp³-hybridized carbons (Fsp3) is 0.316. The lowest BCUT2D eigenvalue weighted by Crippen LogP contribution is -2.32. The maximum Gasteiger partial charge on any atom is 0.246 e. The van der Waals surface area contributed by atoms with Gasteiger partial charge in [-0.05, 0) is 48.7 Å². The van der Waals surface area contributed by atoms with Crippen molar-refractivity contribution in [2.75, 3.05) is 13.1 Å². The third kappa shape index (κ3) is 4.09. The Hall–Kier alpha value is -2.36. The van der Waals surface area contributed by atoms with Gasteiger partial charge in [-0.25, -0.2) is 4.39 Å². The first-order chi connectivity index (χ1) is 11.2. The number of nitrogens with zero attached hydrogens (tertiary/aromatic N) is 1. The number of amides is 1. The van der Waals surface area contributed by atoms with Crippen molar-refractivity contribution >= 4 is 12.0 Å². The molecule has 0 N–H and O–H groups in total. The van der Waals surface area contributed by atoms with Gasteiger partial charge in [-0.15, -0.1) is 0 Å². The lowest BCUT2D eigenvalue weighted by Gasteiger charge is -2.23. The minimum absolute atomic E-state index is 0.00425. The van der Waals surface area contributed by atoms with Gasteiger partial charge in [0.25, 0.3) is 0 Å². The van der Waals surface area contributed by atoms with E-state index < -0.39 is 0 Å². The van der Waals surface area contributed by atoms with Gasteiger partial charge in [-0.1, -0.05) is 18.6 Å². The number of carbonyl (C=O) groups is 1. The average Bonchev–Trinajstić information content (AvgIpc) is 2.96. The van der Waals surface area contributed by atoms with Crippen LogP contribution >= 0.6 is 0 Å². The molecule has 0 radical (unpaired) electrons. The van der Waals surface area contributed by atoms with E-state index in [9.17, 15) is 9.18 Å². The third-order valence-corrected chi connectivity index (χ3v) is 4.26. The number of rotatable bonds is 3. The highest BCUT2D eigenvalue weighted by molar-refractivity contribution is 5.91. The second kappa shape index (κ2) is 7.27. The summed E-state index contributed by atoms with van der Waals surface area (Å²) in [5.41, 5.74) is 1.10. The Balaban J connectivity index is 1.69. The predicted molar refractivity (Wildman–Crippen MR) is 87.3 cm³/mol. The molecule has 1 aromatic heterocycles. The van der Waals surface area contributed by atoms with Gasteiger partial charge in [0, 0.05) is 25.1 Å². The van der Waals surface area contributed by atoms with Crippen LogP contribution in [0.5, 0.6) is 0 Å². The summed E-state index contributed by atoms with van der Waals surface area (Å²) in [6.07, 6.45) is 7.94. The minimum Gasteiger partial charge on any atom is -0.465 e. The van der Waals surface area contributed by atoms with Crippen molar-refractivity contribution in [1.29, 1.82) is 0 Å². The zero-order chi connectivity index (χ0) is 16.1. The number of hydrogen-bond acceptors (Lipinski definition) is 2. The summed E-state index contributed by atoms with van der Waals surface area (Å²) in [5, 5.41) is 0. The van der Waals surface area contributed by atoms with Gasteiger partial charge in [0.2, 0.25) is 5.91 Å². The van der Waals surface area contributed by atoms with E-state index in [4.69, 9.17) is 4.42 Å². The Morgan fingerprint density at radius 3 is 2.78 bits per heavy atom. The highest BCUT2D eigenvalue weighted by Crippen LogP contribution is 2.26. The van der Waals surface area contributed by atoms with Gasteiger partial charge in [-0.3, -0.25) is 4.79 Å². The monoisotopic (exact) mass is 313 g/mol. The molecule has 1 aliphatic rings. The summed E-state index contributed by atoms with van der Waals surface area (Å²) >= 11 is 0. The number of halogens is 1. The third-order valence-electron chi connectivity index (χ3n) is 4.26. The quantitative estimate of drug-likeness (QED) is 0.795. The average molecular weight is 313 g/mol. The van der Waals surface area contributed by atoms with E-state index in [2.05, 4.69) is 0 Å². The van der Waals surface area contributed by atoms with Gasteiger partial charge < -0.3 is 9.32 Å². The van der Waals surface area contributed by atoms with Gasteiger partial charge in [-0.2, -0.15) is 0 Å². The molecule has 120 valence electrons. The van der Waals surface area contributed by atoms with Crippen LogP contribution < -0.4 is 0 Å². The summed E-state index contributed by atoms with van der Waals surface area (Å²) in [5.74, 6) is 0.703. The standard InChI is InChI=1S/C19H20FNO2/c20-17-8-6-15(7-9-17)16-4-1-2-12-21(14-16)19(22)11-10-18-5-3-13-23-18/h3,5-11,13,16H,1-2,4,12,14H2/b11-10+/t16-/m0/s1. The summed E-state index contributed by atoms with van der Waals surface area (Å²) in [4.78, 5) is 14.3. The molecule has 0 aliphatic carbocycles. The fourth-order valence-electron chi connectivity index (χ4n) is 2.99. The molecular weight excluding hydrogens is 293 g/mol. The molecule has 0 spiro atoms. The molecule has 2 aromatic rings. The number of benzene rings is 1. The summed E-state index contributed by atoms with van der Waals surface area (Å²) in [6.45, 7) is 1.44. The maximum absolute atomic E-state index is 13.1. The van der Waals surface area contributed by atoms with Crippen LogP contribution in [0.4, 0.5) is 4.39 Å². The summed E-state index contributed by atoms with van der Waals surface area (Å²) in [7, 11) is 0. The van der Waals surface area contributed by atoms with Crippen LogP contribution in [-0.4, -0.2) is 23.9 Å². The largest absolute Gasteiger partial charge is 0.465 e. The first-order valence-electron chi connectivity index (χ1n) is 7.98. The molecule has 1 aromatic carbocycles. The van der Waals surface area contributed by atoms with Gasteiger partial charge >= 0.3 is 0 Å². The van der Waals surface area contributed by atoms with E-state index in [0.29, 0.717) is 12.3 Å². The Morgan fingerprint density at radius 1 is 1.22 bits per heavy atom. The highest BCUT2D eigenvalue weighted by Gasteiger charge is 2.22. The SMILES string of the molecule is O=C(/C=C/c1ccco1)N1CCCC[C@H](c2ccc(F)cc2)C1. The number of furan rings is 1. The van der Waals surface area contributed by atoms with Crippen molar-refractivity contribution in [3.8, 4) is 0 Å². The fourth-order valence-corrected chi connectivity index (χ4v) is 2.99. The number of likely N-dealkylation sites (tertiary alicyclic amines) is 1. The second-order valence-electron chi connectivity index (χ2n) is 5.88. The highest BCUT2D eigenvalue weighted by atomic mass is 19.1. The number of hydrogen-bond donors (Lipinski definition) is 0. The van der Waals surface area contributed by atoms with Crippen LogP contribution in [0.3, 0.4) is 0 Å². The zero-order valence-electron chi connectivity index (χ0n) is 13.0. The molecule has 1 saturated heterocycles. The van der Waals surface area contributed by atoms with Gasteiger partial charge in [0.1, 0.15) is 11.6 Å². The molecule has 1 amide bonds. The van der Waals surface area contributed by atoms with E-state index in [-0.39, 0.29) is 17.6 Å². The molecule has 0 unspecified atom stereocenters. The van der Waals surface area contributed by atoms with Crippen LogP contribution in [0.1, 0.15) is 36.5 Å². The minimum atomic E-state index is -0.225. The summed E-state index contributed by atoms with van der Waals surface area (Å²) in [6, 6.07) is 10.2. The molecule has 0 saturated carbocycles. The zero-order valence-corrected chi connectivity index (χ0v) is 13.0. The number of carbonyl (C=O) groups excluding carboxylic acids is 1. The van der Waals surface area contributed by atoms with E-state index in [1.807, 2.05) is 23.1 Å². The van der Waals surface area contributed by atoms with Crippen molar-refractivity contribution in [2.45, 2.75) is 25.2 Å². The van der Waals surface area contributed by atoms with Crippen molar-refractivity contribution < 1.29 is 13.6 Å². The van der Waals surface area contributed by atoms with E-state index in [1.54, 1.807) is 24.5 Å². The van der Waals surface area contributed by atoms with Crippen LogP contribution in [0.15, 0.2) is 53.2 Å². The molecule has 3 nitrogen and oxygen atoms in total. The molecule has 0 bridgehead atoms. The molecule has 2 heterocycles. The molecular formula is C19H20FNO2. The smallest absolute Gasteiger partial charge is 0.246 e. The molecule has 23 heavy (non-hydrogen) atoms. The Labute approximate surface area is 135 Å². The first kappa shape index (κ1) is 15.5. The molecule has 1 atom stereocenters. The van der Waals surface area contributed by atoms with Crippen molar-refractivity contribution in [1.82, 2.24) is 4.90 Å². The molecule has 4 heteroatoms. The Kier molecular flexibility index (Phi) is 4.91. The molecule has 3 rings (SSSR count). The van der Waals surface area contributed by atoms with Crippen molar-refractivity contribution in [2.24, 2.45) is 0 Å². The molecule has 1 fully saturated rings. The van der Waals surface area contributed by atoms with Crippen LogP contribution in [0.2, 0.25) is 0 Å². The van der Waals surface area contributed by atoms with Crippen LogP contribution in [0.25, 0.3) is 6.08 Å². The van der Waals surface area contributed by atoms with E-state index >= 15 is 0 Å². The maximum atomic E-state index is 13.1. The molecule has 1 aliphatic heterocycles. The predicted octanol–water partition coefficient (Wildman–Crippen LogP) is 4.23. The topological polar surface area (TPSA) is 33.5 Å². The Bertz CT molecular complexity index is 661. The van der Waals surface area contributed by atoms with Crippen molar-refractivity contribution in [3.63, 3.8) is 0 Å². The lowest BCUT2D eigenvalue weighted by atomic mass is 9.94. The van der Waals surface area contributed by atoms with Gasteiger partial charge in [0.15, 0.2) is 0 Å². The van der Waals surface area contributed by atoms with E-state index in [1.165, 1.54) is 12.1 Å². The van der Waals surface area contributed by atoms with Gasteiger partial charge in [0.05, 0.1) is 6.26 Å². The Morgan fingerprint density at radius 2 is 2.04 bits per heavy atom. The first-order valence-corrected chi connectivity index (χ1v) is 7.98. The van der Waals surface area contributed by atoms with Crippen molar-refractivity contribution in [3.05, 3.63) is 65.9 Å².